The SMILES string of the molecule is COC(=O)C1=C(Nc2ccc3c(=O)[nH][nH]c3c2)C(=O)N(CCO)C1. The molecule has 0 fully saturated rings. The van der Waals surface area contributed by atoms with Gasteiger partial charge in [-0.3, -0.25) is 19.8 Å². The minimum atomic E-state index is -0.609. The van der Waals surface area contributed by atoms with Crippen molar-refractivity contribution in [2.75, 3.05) is 32.1 Å². The van der Waals surface area contributed by atoms with Gasteiger partial charge < -0.3 is 20.1 Å². The largest absolute Gasteiger partial charge is 0.466 e. The highest BCUT2D eigenvalue weighted by Gasteiger charge is 2.34. The van der Waals surface area contributed by atoms with Crippen molar-refractivity contribution in [1.29, 1.82) is 0 Å². The van der Waals surface area contributed by atoms with E-state index in [4.69, 9.17) is 9.84 Å². The normalized spacial score (nSPS) is 14.6. The van der Waals surface area contributed by atoms with Crippen LogP contribution in [0.1, 0.15) is 0 Å². The molecule has 9 heteroatoms. The third kappa shape index (κ3) is 2.65. The summed E-state index contributed by atoms with van der Waals surface area (Å²) < 4.78 is 4.72. The van der Waals surface area contributed by atoms with Crippen molar-refractivity contribution in [3.05, 3.63) is 39.8 Å². The highest BCUT2D eigenvalue weighted by Crippen LogP contribution is 2.23. The molecule has 1 aliphatic rings. The molecule has 9 nitrogen and oxygen atoms in total. The molecule has 0 atom stereocenters. The number of carbonyl (C=O) groups excluding carboxylic acids is 2. The highest BCUT2D eigenvalue weighted by atomic mass is 16.5. The molecular formula is C15H16N4O5. The number of nitrogens with one attached hydrogen (secondary N) is 3. The standard InChI is InChI=1S/C15H16N4O5/c1-24-15(23)10-7-19(4-5-20)14(22)12(10)16-8-2-3-9-11(6-8)17-18-13(9)21/h2-3,6,16,20H,4-5,7H2,1H3,(H2,17,18,21). The van der Waals surface area contributed by atoms with E-state index in [-0.39, 0.29) is 36.5 Å². The molecule has 0 bridgehead atoms. The van der Waals surface area contributed by atoms with Crippen molar-refractivity contribution in [1.82, 2.24) is 15.1 Å². The van der Waals surface area contributed by atoms with Gasteiger partial charge in [-0.05, 0) is 18.2 Å². The molecule has 1 amide bonds. The van der Waals surface area contributed by atoms with Gasteiger partial charge in [0.05, 0.1) is 36.7 Å². The number of methoxy groups -OCH3 is 1. The van der Waals surface area contributed by atoms with Gasteiger partial charge in [0.15, 0.2) is 0 Å². The zero-order valence-corrected chi connectivity index (χ0v) is 12.9. The lowest BCUT2D eigenvalue weighted by atomic mass is 10.2. The van der Waals surface area contributed by atoms with E-state index in [2.05, 4.69) is 15.5 Å². The molecule has 0 unspecified atom stereocenters. The zero-order valence-electron chi connectivity index (χ0n) is 12.9. The number of nitrogens with zero attached hydrogens (tertiary/aromatic N) is 1. The van der Waals surface area contributed by atoms with Gasteiger partial charge in [0.1, 0.15) is 5.70 Å². The molecule has 0 spiro atoms. The Balaban J connectivity index is 1.95. The Morgan fingerprint density at radius 3 is 2.88 bits per heavy atom. The van der Waals surface area contributed by atoms with Crippen LogP contribution in [0.4, 0.5) is 5.69 Å². The Bertz CT molecular complexity index is 895. The molecule has 4 N–H and O–H groups in total. The van der Waals surface area contributed by atoms with E-state index in [0.717, 1.165) is 0 Å². The number of ether oxygens (including phenoxy) is 1. The minimum absolute atomic E-state index is 0.0671. The molecule has 0 saturated carbocycles. The van der Waals surface area contributed by atoms with Crippen LogP contribution in [0.25, 0.3) is 10.9 Å². The Labute approximate surface area is 135 Å². The number of hydrogen-bond donors (Lipinski definition) is 4. The van der Waals surface area contributed by atoms with Gasteiger partial charge in [0, 0.05) is 12.2 Å². The molecule has 1 aliphatic heterocycles. The molecule has 0 radical (unpaired) electrons. The summed E-state index contributed by atoms with van der Waals surface area (Å²) in [5, 5.41) is 17.6. The van der Waals surface area contributed by atoms with Crippen LogP contribution >= 0.6 is 0 Å². The Kier molecular flexibility index (Phi) is 4.09. The molecule has 0 saturated heterocycles. The van der Waals surface area contributed by atoms with Crippen molar-refractivity contribution in [3.8, 4) is 0 Å². The van der Waals surface area contributed by atoms with Crippen LogP contribution in [-0.2, 0) is 14.3 Å². The predicted octanol–water partition coefficient (Wildman–Crippen LogP) is -0.470. The van der Waals surface area contributed by atoms with E-state index in [1.54, 1.807) is 18.2 Å². The van der Waals surface area contributed by atoms with Crippen LogP contribution in [0, 0.1) is 0 Å². The van der Waals surface area contributed by atoms with Crippen molar-refractivity contribution in [2.45, 2.75) is 0 Å². The summed E-state index contributed by atoms with van der Waals surface area (Å²) in [6, 6.07) is 4.89. The molecule has 126 valence electrons. The summed E-state index contributed by atoms with van der Waals surface area (Å²) in [6.07, 6.45) is 0. The minimum Gasteiger partial charge on any atom is -0.466 e. The number of anilines is 1. The fourth-order valence-corrected chi connectivity index (χ4v) is 2.61. The first-order valence-electron chi connectivity index (χ1n) is 7.24. The molecule has 24 heavy (non-hydrogen) atoms. The smallest absolute Gasteiger partial charge is 0.337 e. The number of H-pyrrole nitrogens is 2. The number of amides is 1. The quantitative estimate of drug-likeness (QED) is 0.548. The molecule has 2 heterocycles. The monoisotopic (exact) mass is 332 g/mol. The third-order valence-electron chi connectivity index (χ3n) is 3.80. The number of benzene rings is 1. The van der Waals surface area contributed by atoms with E-state index in [1.807, 2.05) is 0 Å². The van der Waals surface area contributed by atoms with Crippen molar-refractivity contribution < 1.29 is 19.4 Å². The van der Waals surface area contributed by atoms with Crippen LogP contribution in [-0.4, -0.2) is 58.9 Å². The number of aromatic nitrogens is 2. The third-order valence-corrected chi connectivity index (χ3v) is 3.80. The predicted molar refractivity (Wildman–Crippen MR) is 85.2 cm³/mol. The van der Waals surface area contributed by atoms with Crippen LogP contribution in [0.15, 0.2) is 34.3 Å². The Hall–Kier alpha value is -3.07. The van der Waals surface area contributed by atoms with Gasteiger partial charge in [0.25, 0.3) is 11.5 Å². The van der Waals surface area contributed by atoms with Crippen LogP contribution in [0.5, 0.6) is 0 Å². The van der Waals surface area contributed by atoms with Crippen molar-refractivity contribution in [2.24, 2.45) is 0 Å². The summed E-state index contributed by atoms with van der Waals surface area (Å²) in [6.45, 7) is -0.0175. The fourth-order valence-electron chi connectivity index (χ4n) is 2.61. The molecular weight excluding hydrogens is 316 g/mol. The summed E-state index contributed by atoms with van der Waals surface area (Å²) >= 11 is 0. The van der Waals surface area contributed by atoms with Crippen molar-refractivity contribution >= 4 is 28.5 Å². The van der Waals surface area contributed by atoms with E-state index in [0.29, 0.717) is 16.6 Å². The first kappa shape index (κ1) is 15.8. The summed E-state index contributed by atoms with van der Waals surface area (Å²) in [7, 11) is 1.24. The second kappa shape index (κ2) is 6.20. The topological polar surface area (TPSA) is 128 Å². The fraction of sp³-hybridized carbons (Fsp3) is 0.267. The van der Waals surface area contributed by atoms with Crippen LogP contribution in [0.3, 0.4) is 0 Å². The number of aromatic amines is 2. The number of β-amino-alcohol motifs (C(OH)–C–C–N with tert-alkyl or cyclic N) is 1. The summed E-state index contributed by atoms with van der Waals surface area (Å²) in [4.78, 5) is 37.2. The average Bonchev–Trinajstić information content (AvgIpc) is 3.09. The number of aliphatic hydroxyl groups excluding tert-OH is 1. The van der Waals surface area contributed by atoms with E-state index in [9.17, 15) is 14.4 Å². The summed E-state index contributed by atoms with van der Waals surface area (Å²) in [5.41, 5.74) is 1.17. The van der Waals surface area contributed by atoms with Gasteiger partial charge in [-0.2, -0.15) is 0 Å². The van der Waals surface area contributed by atoms with Gasteiger partial charge >= 0.3 is 5.97 Å². The van der Waals surface area contributed by atoms with Crippen LogP contribution < -0.4 is 10.9 Å². The second-order valence-electron chi connectivity index (χ2n) is 5.26. The molecule has 0 aliphatic carbocycles. The van der Waals surface area contributed by atoms with Gasteiger partial charge in [-0.1, -0.05) is 0 Å². The lowest BCUT2D eigenvalue weighted by molar-refractivity contribution is -0.136. The van der Waals surface area contributed by atoms with E-state index in [1.165, 1.54) is 12.0 Å². The highest BCUT2D eigenvalue weighted by molar-refractivity contribution is 6.08. The van der Waals surface area contributed by atoms with E-state index < -0.39 is 11.9 Å². The maximum Gasteiger partial charge on any atom is 0.337 e. The lowest BCUT2D eigenvalue weighted by Gasteiger charge is -2.15. The number of hydrogen-bond acceptors (Lipinski definition) is 6. The van der Waals surface area contributed by atoms with Gasteiger partial charge in [-0.15, -0.1) is 0 Å². The zero-order chi connectivity index (χ0) is 17.3. The molecule has 1 aromatic heterocycles. The lowest BCUT2D eigenvalue weighted by Crippen LogP contribution is -2.31. The first-order valence-corrected chi connectivity index (χ1v) is 7.24. The molecule has 2 aromatic rings. The second-order valence-corrected chi connectivity index (χ2v) is 5.26. The number of carbonyl (C=O) groups is 2. The maximum absolute atomic E-state index is 12.4. The Morgan fingerprint density at radius 1 is 1.38 bits per heavy atom. The van der Waals surface area contributed by atoms with Gasteiger partial charge in [0.2, 0.25) is 0 Å². The average molecular weight is 332 g/mol. The number of rotatable bonds is 5. The number of aliphatic hydroxyl groups is 1. The van der Waals surface area contributed by atoms with Crippen LogP contribution in [0.2, 0.25) is 0 Å². The number of fused-ring (bicyclic) bond motifs is 1. The Morgan fingerprint density at radius 2 is 2.17 bits per heavy atom. The maximum atomic E-state index is 12.4. The number of esters is 1. The molecule has 3 rings (SSSR count). The van der Waals surface area contributed by atoms with E-state index >= 15 is 0 Å². The molecule has 1 aromatic carbocycles. The van der Waals surface area contributed by atoms with Crippen molar-refractivity contribution in [3.63, 3.8) is 0 Å². The first-order chi connectivity index (χ1) is 11.5. The van der Waals surface area contributed by atoms with Gasteiger partial charge in [-0.25, -0.2) is 4.79 Å². The summed E-state index contributed by atoms with van der Waals surface area (Å²) in [5.74, 6) is -1.01.